The van der Waals surface area contributed by atoms with Crippen molar-refractivity contribution in [2.75, 3.05) is 19.8 Å². The molecule has 0 bridgehead atoms. The Hall–Kier alpha value is -2.86. The fraction of sp³-hybridized carbons (Fsp3) is 0.500. The molecular weight excluding hydrogens is 430 g/mol. The number of unbranched alkanes of at least 4 members (excludes halogenated alkanes) is 1. The van der Waals surface area contributed by atoms with E-state index in [1.807, 2.05) is 52.0 Å². The molecule has 1 aliphatic heterocycles. The van der Waals surface area contributed by atoms with Gasteiger partial charge in [-0.1, -0.05) is 61.9 Å². The predicted molar refractivity (Wildman–Crippen MR) is 131 cm³/mol. The lowest BCUT2D eigenvalue weighted by Crippen LogP contribution is -2.42. The Morgan fingerprint density at radius 3 is 2.18 bits per heavy atom. The van der Waals surface area contributed by atoms with Crippen molar-refractivity contribution in [3.05, 3.63) is 59.7 Å². The van der Waals surface area contributed by atoms with Crippen LogP contribution < -0.4 is 0 Å². The first-order valence-corrected chi connectivity index (χ1v) is 12.2. The third-order valence-electron chi connectivity index (χ3n) is 6.37. The first-order valence-electron chi connectivity index (χ1n) is 12.2. The number of rotatable bonds is 7. The number of esters is 1. The number of ether oxygens (including phenoxy) is 3. The van der Waals surface area contributed by atoms with Gasteiger partial charge in [0.25, 0.3) is 0 Å². The Bertz CT molecular complexity index is 982. The predicted octanol–water partition coefficient (Wildman–Crippen LogP) is 5.54. The van der Waals surface area contributed by atoms with Crippen molar-refractivity contribution in [2.45, 2.75) is 70.6 Å². The van der Waals surface area contributed by atoms with Crippen LogP contribution in [0.3, 0.4) is 0 Å². The van der Waals surface area contributed by atoms with Crippen molar-refractivity contribution >= 4 is 12.1 Å². The van der Waals surface area contributed by atoms with Gasteiger partial charge in [0.1, 0.15) is 12.6 Å². The first-order chi connectivity index (χ1) is 16.3. The summed E-state index contributed by atoms with van der Waals surface area (Å²) in [5, 5.41) is 0. The highest BCUT2D eigenvalue weighted by Gasteiger charge is 2.43. The Kier molecular flexibility index (Phi) is 7.27. The highest BCUT2D eigenvalue weighted by Crippen LogP contribution is 2.44. The molecule has 1 aliphatic carbocycles. The highest BCUT2D eigenvalue weighted by atomic mass is 16.6. The number of nitrogens with zero attached hydrogens (tertiary/aromatic N) is 1. The summed E-state index contributed by atoms with van der Waals surface area (Å²) in [6.45, 7) is 8.83. The number of likely N-dealkylation sites (tertiary alicyclic amines) is 1. The number of fused-ring (bicyclic) bond motifs is 3. The van der Waals surface area contributed by atoms with Crippen LogP contribution >= 0.6 is 0 Å². The highest BCUT2D eigenvalue weighted by molar-refractivity contribution is 5.83. The van der Waals surface area contributed by atoms with Crippen LogP contribution in [0.5, 0.6) is 0 Å². The van der Waals surface area contributed by atoms with Crippen molar-refractivity contribution in [1.29, 1.82) is 0 Å². The quantitative estimate of drug-likeness (QED) is 0.397. The Morgan fingerprint density at radius 1 is 0.971 bits per heavy atom. The van der Waals surface area contributed by atoms with E-state index in [9.17, 15) is 9.59 Å². The summed E-state index contributed by atoms with van der Waals surface area (Å²) in [5.41, 5.74) is 4.29. The third-order valence-corrected chi connectivity index (χ3v) is 6.37. The summed E-state index contributed by atoms with van der Waals surface area (Å²) in [7, 11) is 0. The number of hydrogen-bond acceptors (Lipinski definition) is 5. The van der Waals surface area contributed by atoms with E-state index in [0.29, 0.717) is 19.6 Å². The van der Waals surface area contributed by atoms with Crippen LogP contribution in [0.15, 0.2) is 48.5 Å². The summed E-state index contributed by atoms with van der Waals surface area (Å²) in [6, 6.07) is 15.8. The maximum atomic E-state index is 13.2. The monoisotopic (exact) mass is 465 g/mol. The molecule has 2 aliphatic rings. The molecule has 1 fully saturated rings. The van der Waals surface area contributed by atoms with Crippen LogP contribution in [0.1, 0.15) is 64.0 Å². The average Bonchev–Trinajstić information content (AvgIpc) is 3.36. The molecular formula is C28H35NO5. The molecule has 2 atom stereocenters. The molecule has 4 rings (SSSR count). The van der Waals surface area contributed by atoms with Crippen LogP contribution in [0.25, 0.3) is 11.1 Å². The topological polar surface area (TPSA) is 65.1 Å². The van der Waals surface area contributed by atoms with E-state index >= 15 is 0 Å². The SMILES string of the molecule is CCCCOC(=O)[C@@H]1C[C@@H](OC(C)(C)C)CN1C(=O)OCC1c2ccccc2-c2ccccc21. The Morgan fingerprint density at radius 2 is 1.59 bits per heavy atom. The fourth-order valence-corrected chi connectivity index (χ4v) is 4.90. The zero-order valence-corrected chi connectivity index (χ0v) is 20.6. The van der Waals surface area contributed by atoms with Crippen LogP contribution in [0.2, 0.25) is 0 Å². The van der Waals surface area contributed by atoms with Gasteiger partial charge in [0, 0.05) is 12.3 Å². The number of benzene rings is 2. The van der Waals surface area contributed by atoms with Crippen molar-refractivity contribution in [3.8, 4) is 11.1 Å². The molecule has 0 radical (unpaired) electrons. The van der Waals surface area contributed by atoms with E-state index in [-0.39, 0.29) is 30.2 Å². The molecule has 6 nitrogen and oxygen atoms in total. The van der Waals surface area contributed by atoms with Crippen LogP contribution in [-0.2, 0) is 19.0 Å². The van der Waals surface area contributed by atoms with Gasteiger partial charge in [0.2, 0.25) is 0 Å². The normalized spacial score (nSPS) is 19.6. The van der Waals surface area contributed by atoms with Gasteiger partial charge < -0.3 is 14.2 Å². The molecule has 6 heteroatoms. The summed E-state index contributed by atoms with van der Waals surface area (Å²) >= 11 is 0. The number of carbonyl (C=O) groups excluding carboxylic acids is 2. The Labute approximate surface area is 202 Å². The lowest BCUT2D eigenvalue weighted by molar-refractivity contribution is -0.148. The van der Waals surface area contributed by atoms with Crippen molar-refractivity contribution < 1.29 is 23.8 Å². The molecule has 1 heterocycles. The molecule has 0 unspecified atom stereocenters. The van der Waals surface area contributed by atoms with Gasteiger partial charge >= 0.3 is 12.1 Å². The second-order valence-electron chi connectivity index (χ2n) is 10.1. The molecule has 0 N–H and O–H groups in total. The van der Waals surface area contributed by atoms with Crippen LogP contribution in [0.4, 0.5) is 4.79 Å². The van der Waals surface area contributed by atoms with Gasteiger partial charge in [-0.15, -0.1) is 0 Å². The van der Waals surface area contributed by atoms with Crippen molar-refractivity contribution in [3.63, 3.8) is 0 Å². The minimum Gasteiger partial charge on any atom is -0.464 e. The Balaban J connectivity index is 1.47. The summed E-state index contributed by atoms with van der Waals surface area (Å²) in [5.74, 6) is -0.419. The molecule has 34 heavy (non-hydrogen) atoms. The number of carbonyl (C=O) groups is 2. The summed E-state index contributed by atoms with van der Waals surface area (Å²) < 4.78 is 17.4. The zero-order valence-electron chi connectivity index (χ0n) is 20.6. The second-order valence-corrected chi connectivity index (χ2v) is 10.1. The van der Waals surface area contributed by atoms with E-state index in [4.69, 9.17) is 14.2 Å². The van der Waals surface area contributed by atoms with E-state index in [1.165, 1.54) is 16.0 Å². The van der Waals surface area contributed by atoms with Gasteiger partial charge in [-0.2, -0.15) is 0 Å². The van der Waals surface area contributed by atoms with Gasteiger partial charge in [0.05, 0.1) is 24.9 Å². The van der Waals surface area contributed by atoms with Gasteiger partial charge in [-0.05, 0) is 49.4 Å². The second kappa shape index (κ2) is 10.2. The maximum absolute atomic E-state index is 13.2. The largest absolute Gasteiger partial charge is 0.464 e. The minimum absolute atomic E-state index is 0.0319. The molecule has 0 saturated carbocycles. The smallest absolute Gasteiger partial charge is 0.410 e. The summed E-state index contributed by atoms with van der Waals surface area (Å²) in [4.78, 5) is 27.5. The molecule has 2 aromatic carbocycles. The molecule has 0 spiro atoms. The number of amides is 1. The fourth-order valence-electron chi connectivity index (χ4n) is 4.90. The molecule has 1 amide bonds. The van der Waals surface area contributed by atoms with Gasteiger partial charge in [-0.3, -0.25) is 4.90 Å². The molecule has 1 saturated heterocycles. The maximum Gasteiger partial charge on any atom is 0.410 e. The lowest BCUT2D eigenvalue weighted by Gasteiger charge is -2.25. The van der Waals surface area contributed by atoms with E-state index in [1.54, 1.807) is 0 Å². The van der Waals surface area contributed by atoms with E-state index in [2.05, 4.69) is 24.3 Å². The van der Waals surface area contributed by atoms with Gasteiger partial charge in [0.15, 0.2) is 0 Å². The summed E-state index contributed by atoms with van der Waals surface area (Å²) in [6.07, 6.45) is 1.39. The zero-order chi connectivity index (χ0) is 24.3. The standard InChI is InChI=1S/C28H35NO5/c1-5-6-15-32-26(30)25-16-19(34-28(2,3)4)17-29(25)27(31)33-18-24-22-13-9-7-11-20(22)21-12-8-10-14-23(21)24/h7-14,19,24-25H,5-6,15-18H2,1-4H3/t19-,25+/m1/s1. The lowest BCUT2D eigenvalue weighted by atomic mass is 9.98. The number of hydrogen-bond donors (Lipinski definition) is 0. The molecule has 2 aromatic rings. The first kappa shape index (κ1) is 24.3. The van der Waals surface area contributed by atoms with Crippen molar-refractivity contribution in [2.24, 2.45) is 0 Å². The van der Waals surface area contributed by atoms with E-state index < -0.39 is 12.1 Å². The van der Waals surface area contributed by atoms with Gasteiger partial charge in [-0.25, -0.2) is 9.59 Å². The van der Waals surface area contributed by atoms with Crippen molar-refractivity contribution in [1.82, 2.24) is 4.90 Å². The van der Waals surface area contributed by atoms with E-state index in [0.717, 1.165) is 24.0 Å². The average molecular weight is 466 g/mol. The third kappa shape index (κ3) is 5.27. The van der Waals surface area contributed by atoms with Crippen LogP contribution in [0, 0.1) is 0 Å². The minimum atomic E-state index is -0.695. The molecule has 0 aromatic heterocycles. The molecule has 182 valence electrons. The van der Waals surface area contributed by atoms with Crippen LogP contribution in [-0.4, -0.2) is 54.5 Å².